The van der Waals surface area contributed by atoms with Gasteiger partial charge in [-0.25, -0.2) is 0 Å². The van der Waals surface area contributed by atoms with Crippen LogP contribution in [0.2, 0.25) is 0 Å². The molecule has 110 valence electrons. The van der Waals surface area contributed by atoms with Gasteiger partial charge >= 0.3 is 0 Å². The van der Waals surface area contributed by atoms with Crippen molar-refractivity contribution in [3.8, 4) is 5.75 Å². The summed E-state index contributed by atoms with van der Waals surface area (Å²) in [6, 6.07) is 5.15. The lowest BCUT2D eigenvalue weighted by atomic mass is 9.97. The first-order valence-corrected chi connectivity index (χ1v) is 6.87. The molecule has 20 heavy (non-hydrogen) atoms. The Morgan fingerprint density at radius 2 is 2.05 bits per heavy atom. The topological polar surface area (TPSA) is 64.8 Å². The van der Waals surface area contributed by atoms with E-state index in [-0.39, 0.29) is 5.91 Å². The fraction of sp³-hybridized carbons (Fsp3) is 0.533. The highest BCUT2D eigenvalue weighted by Gasteiger charge is 2.25. The standard InChI is InChI=1S/C15H22N2O3/c1-19-10-11-5-7-17(8-6-11)15(18)13-4-3-12(16)9-14(13)20-2/h3-4,9,11H,5-8,10,16H2,1-2H3. The van der Waals surface area contributed by atoms with E-state index in [0.29, 0.717) is 22.9 Å². The maximum Gasteiger partial charge on any atom is 0.257 e. The number of carbonyl (C=O) groups is 1. The van der Waals surface area contributed by atoms with Crippen LogP contribution < -0.4 is 10.5 Å². The van der Waals surface area contributed by atoms with Gasteiger partial charge in [0, 0.05) is 38.6 Å². The summed E-state index contributed by atoms with van der Waals surface area (Å²) in [6.45, 7) is 2.30. The van der Waals surface area contributed by atoms with Crippen LogP contribution in [0.15, 0.2) is 18.2 Å². The normalized spacial score (nSPS) is 16.2. The van der Waals surface area contributed by atoms with Crippen LogP contribution in [0.5, 0.6) is 5.75 Å². The molecular formula is C15H22N2O3. The lowest BCUT2D eigenvalue weighted by Crippen LogP contribution is -2.39. The molecule has 1 aliphatic heterocycles. The molecule has 1 saturated heterocycles. The van der Waals surface area contributed by atoms with Crippen molar-refractivity contribution in [2.75, 3.05) is 39.6 Å². The average Bonchev–Trinajstić information content (AvgIpc) is 2.47. The highest BCUT2D eigenvalue weighted by Crippen LogP contribution is 2.25. The highest BCUT2D eigenvalue weighted by molar-refractivity contribution is 5.97. The van der Waals surface area contributed by atoms with Gasteiger partial charge in [-0.15, -0.1) is 0 Å². The van der Waals surface area contributed by atoms with E-state index in [1.165, 1.54) is 0 Å². The molecule has 0 atom stereocenters. The molecule has 0 spiro atoms. The van der Waals surface area contributed by atoms with E-state index in [0.717, 1.165) is 32.5 Å². The zero-order valence-electron chi connectivity index (χ0n) is 12.1. The van der Waals surface area contributed by atoms with E-state index in [1.54, 1.807) is 32.4 Å². The van der Waals surface area contributed by atoms with Crippen molar-refractivity contribution in [2.45, 2.75) is 12.8 Å². The maximum absolute atomic E-state index is 12.5. The van der Waals surface area contributed by atoms with Gasteiger partial charge in [-0.1, -0.05) is 0 Å². The Balaban J connectivity index is 2.05. The van der Waals surface area contributed by atoms with Crippen LogP contribution in [-0.4, -0.2) is 44.7 Å². The predicted molar refractivity (Wildman–Crippen MR) is 77.9 cm³/mol. The van der Waals surface area contributed by atoms with Gasteiger partial charge in [0.1, 0.15) is 5.75 Å². The fourth-order valence-corrected chi connectivity index (χ4v) is 2.59. The van der Waals surface area contributed by atoms with Crippen molar-refractivity contribution in [1.82, 2.24) is 4.90 Å². The molecule has 1 aromatic carbocycles. The van der Waals surface area contributed by atoms with E-state index < -0.39 is 0 Å². The lowest BCUT2D eigenvalue weighted by Gasteiger charge is -2.32. The molecule has 0 aliphatic carbocycles. The number of hydrogen-bond donors (Lipinski definition) is 1. The molecule has 1 amide bonds. The SMILES string of the molecule is COCC1CCN(C(=O)c2ccc(N)cc2OC)CC1. The Kier molecular flexibility index (Phi) is 4.84. The summed E-state index contributed by atoms with van der Waals surface area (Å²) < 4.78 is 10.4. The average molecular weight is 278 g/mol. The number of nitrogens with two attached hydrogens (primary N) is 1. The third-order valence-corrected chi connectivity index (χ3v) is 3.76. The van der Waals surface area contributed by atoms with Gasteiger partial charge in [0.2, 0.25) is 0 Å². The van der Waals surface area contributed by atoms with E-state index in [4.69, 9.17) is 15.2 Å². The Morgan fingerprint density at radius 3 is 2.65 bits per heavy atom. The second kappa shape index (κ2) is 6.61. The number of nitrogen functional groups attached to an aromatic ring is 1. The summed E-state index contributed by atoms with van der Waals surface area (Å²) in [5, 5.41) is 0. The second-order valence-electron chi connectivity index (χ2n) is 5.15. The Hall–Kier alpha value is -1.75. The van der Waals surface area contributed by atoms with Gasteiger partial charge in [0.25, 0.3) is 5.91 Å². The number of anilines is 1. The van der Waals surface area contributed by atoms with Crippen molar-refractivity contribution in [1.29, 1.82) is 0 Å². The molecule has 0 unspecified atom stereocenters. The van der Waals surface area contributed by atoms with Crippen LogP contribution in [0.4, 0.5) is 5.69 Å². The van der Waals surface area contributed by atoms with Crippen molar-refractivity contribution in [3.63, 3.8) is 0 Å². The van der Waals surface area contributed by atoms with Crippen LogP contribution >= 0.6 is 0 Å². The molecule has 2 rings (SSSR count). The number of methoxy groups -OCH3 is 2. The van der Waals surface area contributed by atoms with Crippen LogP contribution in [0.3, 0.4) is 0 Å². The van der Waals surface area contributed by atoms with Crippen LogP contribution in [-0.2, 0) is 4.74 Å². The summed E-state index contributed by atoms with van der Waals surface area (Å²) in [5.74, 6) is 1.10. The Bertz CT molecular complexity index is 468. The van der Waals surface area contributed by atoms with E-state index in [9.17, 15) is 4.79 Å². The molecule has 1 fully saturated rings. The minimum atomic E-state index is 0.0118. The number of hydrogen-bond acceptors (Lipinski definition) is 4. The summed E-state index contributed by atoms with van der Waals surface area (Å²) >= 11 is 0. The molecule has 1 aromatic rings. The predicted octanol–water partition coefficient (Wildman–Crippen LogP) is 1.78. The van der Waals surface area contributed by atoms with Gasteiger partial charge in [0.15, 0.2) is 0 Å². The molecule has 1 aliphatic rings. The number of piperidine rings is 1. The zero-order chi connectivity index (χ0) is 14.5. The van der Waals surface area contributed by atoms with Gasteiger partial charge in [-0.3, -0.25) is 4.79 Å². The van der Waals surface area contributed by atoms with Crippen molar-refractivity contribution < 1.29 is 14.3 Å². The highest BCUT2D eigenvalue weighted by atomic mass is 16.5. The molecule has 2 N–H and O–H groups in total. The molecule has 5 heteroatoms. The van der Waals surface area contributed by atoms with Crippen LogP contribution in [0, 0.1) is 5.92 Å². The van der Waals surface area contributed by atoms with Crippen LogP contribution in [0.1, 0.15) is 23.2 Å². The second-order valence-corrected chi connectivity index (χ2v) is 5.15. The maximum atomic E-state index is 12.5. The molecular weight excluding hydrogens is 256 g/mol. The smallest absolute Gasteiger partial charge is 0.257 e. The first-order chi connectivity index (χ1) is 9.65. The number of ether oxygens (including phenoxy) is 2. The molecule has 0 radical (unpaired) electrons. The van der Waals surface area contributed by atoms with Crippen molar-refractivity contribution in [3.05, 3.63) is 23.8 Å². The minimum absolute atomic E-state index is 0.0118. The van der Waals surface area contributed by atoms with E-state index in [2.05, 4.69) is 0 Å². The van der Waals surface area contributed by atoms with Gasteiger partial charge in [-0.2, -0.15) is 0 Å². The number of benzene rings is 1. The molecule has 0 aromatic heterocycles. The van der Waals surface area contributed by atoms with Crippen molar-refractivity contribution in [2.24, 2.45) is 5.92 Å². The van der Waals surface area contributed by atoms with Crippen molar-refractivity contribution >= 4 is 11.6 Å². The number of likely N-dealkylation sites (tertiary alicyclic amines) is 1. The van der Waals surface area contributed by atoms with Gasteiger partial charge < -0.3 is 20.1 Å². The number of rotatable bonds is 4. The van der Waals surface area contributed by atoms with Crippen LogP contribution in [0.25, 0.3) is 0 Å². The first kappa shape index (κ1) is 14.7. The van der Waals surface area contributed by atoms with Gasteiger partial charge in [-0.05, 0) is 30.9 Å². The monoisotopic (exact) mass is 278 g/mol. The summed E-state index contributed by atoms with van der Waals surface area (Å²) in [6.07, 6.45) is 1.97. The largest absolute Gasteiger partial charge is 0.496 e. The minimum Gasteiger partial charge on any atom is -0.496 e. The fourth-order valence-electron chi connectivity index (χ4n) is 2.59. The summed E-state index contributed by atoms with van der Waals surface area (Å²) in [5.41, 5.74) is 6.88. The summed E-state index contributed by atoms with van der Waals surface area (Å²) in [7, 11) is 3.27. The Labute approximate surface area is 119 Å². The lowest BCUT2D eigenvalue weighted by molar-refractivity contribution is 0.0610. The zero-order valence-corrected chi connectivity index (χ0v) is 12.1. The molecule has 5 nitrogen and oxygen atoms in total. The third-order valence-electron chi connectivity index (χ3n) is 3.76. The summed E-state index contributed by atoms with van der Waals surface area (Å²) in [4.78, 5) is 14.4. The number of nitrogens with zero attached hydrogens (tertiary/aromatic N) is 1. The molecule has 0 bridgehead atoms. The Morgan fingerprint density at radius 1 is 1.35 bits per heavy atom. The van der Waals surface area contributed by atoms with E-state index >= 15 is 0 Å². The number of carbonyl (C=O) groups excluding carboxylic acids is 1. The molecule has 0 saturated carbocycles. The third kappa shape index (κ3) is 3.22. The van der Waals surface area contributed by atoms with Gasteiger partial charge in [0.05, 0.1) is 12.7 Å². The number of amides is 1. The molecule has 1 heterocycles. The quantitative estimate of drug-likeness (QED) is 0.853. The van der Waals surface area contributed by atoms with E-state index in [1.807, 2.05) is 4.90 Å². The first-order valence-electron chi connectivity index (χ1n) is 6.87.